The average Bonchev–Trinajstić information content (AvgIpc) is 2.63. The number of anilines is 1. The topological polar surface area (TPSA) is 73.1 Å². The Balaban J connectivity index is 1.79. The fourth-order valence-corrected chi connectivity index (χ4v) is 3.26. The highest BCUT2D eigenvalue weighted by Gasteiger charge is 2.30. The van der Waals surface area contributed by atoms with Crippen LogP contribution >= 0.6 is 11.6 Å². The van der Waals surface area contributed by atoms with Gasteiger partial charge in [-0.3, -0.25) is 4.79 Å². The van der Waals surface area contributed by atoms with Crippen LogP contribution in [-0.2, 0) is 0 Å². The molecule has 1 fully saturated rings. The fourth-order valence-electron chi connectivity index (χ4n) is 3.09. The molecule has 1 unspecified atom stereocenters. The molecule has 3 rings (SSSR count). The molecule has 0 spiro atoms. The Kier molecular flexibility index (Phi) is 4.86. The van der Waals surface area contributed by atoms with Gasteiger partial charge < -0.3 is 9.80 Å². The van der Waals surface area contributed by atoms with Gasteiger partial charge in [0.25, 0.3) is 5.91 Å². The summed E-state index contributed by atoms with van der Waals surface area (Å²) in [7, 11) is 0. The summed E-state index contributed by atoms with van der Waals surface area (Å²) in [6, 6.07) is 7.43. The van der Waals surface area contributed by atoms with Gasteiger partial charge in [0.05, 0.1) is 0 Å². The highest BCUT2D eigenvalue weighted by Crippen LogP contribution is 2.24. The molecular weight excluding hydrogens is 338 g/mol. The molecule has 7 heteroatoms. The van der Waals surface area contributed by atoms with Gasteiger partial charge in [-0.05, 0) is 31.5 Å². The number of aromatic nitrogens is 2. The number of hydrogen-bond acceptors (Lipinski definition) is 5. The Morgan fingerprint density at radius 2 is 2.08 bits per heavy atom. The van der Waals surface area contributed by atoms with Crippen molar-refractivity contribution in [1.29, 1.82) is 5.26 Å². The van der Waals surface area contributed by atoms with Crippen LogP contribution < -0.4 is 4.90 Å². The second kappa shape index (κ2) is 7.08. The fraction of sp³-hybridized carbons (Fsp3) is 0.333. The largest absolute Gasteiger partial charge is 0.350 e. The van der Waals surface area contributed by atoms with Crippen LogP contribution in [0.1, 0.15) is 28.5 Å². The Morgan fingerprint density at radius 3 is 2.80 bits per heavy atom. The molecule has 0 aliphatic carbocycles. The standard InChI is InChI=1S/C18H18ClN5O/c1-12-11-23(17-16(10-20)21-6-7-22-17)8-9-24(12)18(25)14-4-3-5-15(19)13(14)2/h3-7,12H,8-9,11H2,1-2H3. The van der Waals surface area contributed by atoms with Crippen molar-refractivity contribution < 1.29 is 4.79 Å². The van der Waals surface area contributed by atoms with Gasteiger partial charge in [-0.15, -0.1) is 0 Å². The number of carbonyl (C=O) groups is 1. The van der Waals surface area contributed by atoms with Gasteiger partial charge in [0.2, 0.25) is 0 Å². The molecule has 25 heavy (non-hydrogen) atoms. The molecule has 1 saturated heterocycles. The molecule has 0 bridgehead atoms. The van der Waals surface area contributed by atoms with Crippen molar-refractivity contribution in [2.24, 2.45) is 0 Å². The summed E-state index contributed by atoms with van der Waals surface area (Å²) >= 11 is 6.15. The van der Waals surface area contributed by atoms with E-state index in [-0.39, 0.29) is 11.9 Å². The van der Waals surface area contributed by atoms with Crippen LogP contribution in [0.2, 0.25) is 5.02 Å². The zero-order chi connectivity index (χ0) is 18.0. The molecule has 1 aromatic heterocycles. The number of nitrogens with zero attached hydrogens (tertiary/aromatic N) is 5. The molecule has 2 aromatic rings. The molecule has 1 aliphatic rings. The summed E-state index contributed by atoms with van der Waals surface area (Å²) in [4.78, 5) is 25.1. The molecule has 128 valence electrons. The third-order valence-corrected chi connectivity index (χ3v) is 4.88. The monoisotopic (exact) mass is 355 g/mol. The van der Waals surface area contributed by atoms with Crippen molar-refractivity contribution in [2.45, 2.75) is 19.9 Å². The van der Waals surface area contributed by atoms with Crippen LogP contribution in [0.15, 0.2) is 30.6 Å². The van der Waals surface area contributed by atoms with Gasteiger partial charge >= 0.3 is 0 Å². The summed E-state index contributed by atoms with van der Waals surface area (Å²) in [6.45, 7) is 5.59. The van der Waals surface area contributed by atoms with Crippen molar-refractivity contribution in [3.05, 3.63) is 52.4 Å². The Labute approximate surface area is 151 Å². The van der Waals surface area contributed by atoms with E-state index in [1.54, 1.807) is 24.4 Å². The molecule has 0 radical (unpaired) electrons. The maximum Gasteiger partial charge on any atom is 0.254 e. The van der Waals surface area contributed by atoms with E-state index in [1.165, 1.54) is 6.20 Å². The third kappa shape index (κ3) is 3.28. The highest BCUT2D eigenvalue weighted by atomic mass is 35.5. The lowest BCUT2D eigenvalue weighted by molar-refractivity contribution is 0.0673. The maximum absolute atomic E-state index is 12.9. The van der Waals surface area contributed by atoms with E-state index in [0.717, 1.165) is 5.56 Å². The minimum absolute atomic E-state index is 0.0202. The molecule has 1 aliphatic heterocycles. The quantitative estimate of drug-likeness (QED) is 0.828. The molecule has 6 nitrogen and oxygen atoms in total. The Morgan fingerprint density at radius 1 is 1.32 bits per heavy atom. The minimum Gasteiger partial charge on any atom is -0.350 e. The highest BCUT2D eigenvalue weighted by molar-refractivity contribution is 6.31. The van der Waals surface area contributed by atoms with E-state index in [9.17, 15) is 10.1 Å². The SMILES string of the molecule is Cc1c(Cl)cccc1C(=O)N1CCN(c2nccnc2C#N)CC1C. The van der Waals surface area contributed by atoms with Gasteiger partial charge in [0.1, 0.15) is 6.07 Å². The molecule has 1 amide bonds. The first-order valence-electron chi connectivity index (χ1n) is 8.05. The first-order valence-corrected chi connectivity index (χ1v) is 8.43. The number of piperazine rings is 1. The summed E-state index contributed by atoms with van der Waals surface area (Å²) in [6.07, 6.45) is 3.08. The zero-order valence-electron chi connectivity index (χ0n) is 14.1. The molecular formula is C18H18ClN5O. The average molecular weight is 356 g/mol. The lowest BCUT2D eigenvalue weighted by Gasteiger charge is -2.40. The van der Waals surface area contributed by atoms with Gasteiger partial charge in [-0.2, -0.15) is 5.26 Å². The predicted molar refractivity (Wildman–Crippen MR) is 95.6 cm³/mol. The number of benzene rings is 1. The predicted octanol–water partition coefficient (Wildman–Crippen LogP) is 2.66. The summed E-state index contributed by atoms with van der Waals surface area (Å²) in [5.41, 5.74) is 1.73. The molecule has 1 atom stereocenters. The van der Waals surface area contributed by atoms with Crippen molar-refractivity contribution in [3.63, 3.8) is 0 Å². The third-order valence-electron chi connectivity index (χ3n) is 4.47. The van der Waals surface area contributed by atoms with Crippen LogP contribution in [0.3, 0.4) is 0 Å². The number of amides is 1. The van der Waals surface area contributed by atoms with Crippen LogP contribution in [-0.4, -0.2) is 46.5 Å². The van der Waals surface area contributed by atoms with Crippen LogP contribution in [0.5, 0.6) is 0 Å². The normalized spacial score (nSPS) is 17.3. The Hall–Kier alpha value is -2.65. The second-order valence-corrected chi connectivity index (χ2v) is 6.45. The zero-order valence-corrected chi connectivity index (χ0v) is 14.9. The summed E-state index contributed by atoms with van der Waals surface area (Å²) in [5.74, 6) is 0.551. The van der Waals surface area contributed by atoms with Gasteiger partial charge in [-0.25, -0.2) is 9.97 Å². The van der Waals surface area contributed by atoms with E-state index in [1.807, 2.05) is 23.6 Å². The maximum atomic E-state index is 12.9. The van der Waals surface area contributed by atoms with E-state index in [2.05, 4.69) is 16.0 Å². The Bertz CT molecular complexity index is 848. The molecule has 2 heterocycles. The van der Waals surface area contributed by atoms with Gasteiger partial charge in [-0.1, -0.05) is 17.7 Å². The van der Waals surface area contributed by atoms with Crippen LogP contribution in [0.25, 0.3) is 0 Å². The van der Waals surface area contributed by atoms with E-state index in [0.29, 0.717) is 41.7 Å². The van der Waals surface area contributed by atoms with Crippen molar-refractivity contribution >= 4 is 23.3 Å². The summed E-state index contributed by atoms with van der Waals surface area (Å²) < 4.78 is 0. The van der Waals surface area contributed by atoms with Gasteiger partial charge in [0, 0.05) is 48.7 Å². The number of carbonyl (C=O) groups excluding carboxylic acids is 1. The lowest BCUT2D eigenvalue weighted by Crippen LogP contribution is -2.54. The minimum atomic E-state index is -0.0215. The van der Waals surface area contributed by atoms with Crippen LogP contribution in [0.4, 0.5) is 5.82 Å². The second-order valence-electron chi connectivity index (χ2n) is 6.05. The van der Waals surface area contributed by atoms with Crippen molar-refractivity contribution in [1.82, 2.24) is 14.9 Å². The van der Waals surface area contributed by atoms with E-state index < -0.39 is 0 Å². The van der Waals surface area contributed by atoms with Crippen molar-refractivity contribution in [2.75, 3.05) is 24.5 Å². The smallest absolute Gasteiger partial charge is 0.254 e. The van der Waals surface area contributed by atoms with E-state index in [4.69, 9.17) is 11.6 Å². The molecule has 0 N–H and O–H groups in total. The first kappa shape index (κ1) is 17.2. The number of rotatable bonds is 2. The summed E-state index contributed by atoms with van der Waals surface area (Å²) in [5, 5.41) is 9.80. The van der Waals surface area contributed by atoms with E-state index >= 15 is 0 Å². The number of nitriles is 1. The van der Waals surface area contributed by atoms with Crippen molar-refractivity contribution in [3.8, 4) is 6.07 Å². The first-order chi connectivity index (χ1) is 12.0. The lowest BCUT2D eigenvalue weighted by atomic mass is 10.1. The molecule has 1 aromatic carbocycles. The number of halogens is 1. The van der Waals surface area contributed by atoms with Crippen LogP contribution in [0, 0.1) is 18.3 Å². The number of hydrogen-bond donors (Lipinski definition) is 0. The molecule has 0 saturated carbocycles. The van der Waals surface area contributed by atoms with Gasteiger partial charge in [0.15, 0.2) is 11.5 Å².